The number of likely N-dealkylation sites (tertiary alicyclic amines) is 1. The van der Waals surface area contributed by atoms with Crippen molar-refractivity contribution in [1.29, 1.82) is 0 Å². The maximum absolute atomic E-state index is 11.8. The molecule has 0 bridgehead atoms. The summed E-state index contributed by atoms with van der Waals surface area (Å²) in [6.07, 6.45) is 3.46. The number of aromatic nitrogens is 2. The lowest BCUT2D eigenvalue weighted by molar-refractivity contribution is 0.100. The summed E-state index contributed by atoms with van der Waals surface area (Å²) in [5.74, 6) is 1.16. The van der Waals surface area contributed by atoms with Crippen LogP contribution in [0, 0.1) is 0 Å². The molecular weight excluding hydrogens is 300 g/mol. The molecule has 130 valence electrons. The predicted octanol–water partition coefficient (Wildman–Crippen LogP) is 3.31. The monoisotopic (exact) mass is 328 g/mol. The van der Waals surface area contributed by atoms with Gasteiger partial charge < -0.3 is 15.2 Å². The van der Waals surface area contributed by atoms with Gasteiger partial charge in [-0.15, -0.1) is 0 Å². The second kappa shape index (κ2) is 6.93. The van der Waals surface area contributed by atoms with Gasteiger partial charge in [-0.3, -0.25) is 4.79 Å². The average Bonchev–Trinajstić information content (AvgIpc) is 2.95. The number of nitrogens with zero attached hydrogens (tertiary/aromatic N) is 3. The summed E-state index contributed by atoms with van der Waals surface area (Å²) in [7, 11) is 0. The Bertz CT molecular complexity index is 726. The topological polar surface area (TPSA) is 64.2 Å². The molecular formula is C19H28N4O. The first kappa shape index (κ1) is 17.0. The fraction of sp³-hybridized carbons (Fsp3) is 0.579. The molecule has 1 saturated heterocycles. The number of imidazole rings is 1. The Balaban J connectivity index is 2.00. The Kier molecular flexibility index (Phi) is 4.90. The first-order chi connectivity index (χ1) is 11.5. The van der Waals surface area contributed by atoms with Gasteiger partial charge in [0.05, 0.1) is 11.1 Å². The van der Waals surface area contributed by atoms with E-state index in [0.717, 1.165) is 42.8 Å². The van der Waals surface area contributed by atoms with E-state index in [9.17, 15) is 4.79 Å². The minimum atomic E-state index is -0.404. The lowest BCUT2D eigenvalue weighted by Crippen LogP contribution is -2.34. The number of fused-ring (bicyclic) bond motifs is 1. The van der Waals surface area contributed by atoms with Gasteiger partial charge in [-0.25, -0.2) is 4.98 Å². The molecule has 1 aromatic carbocycles. The van der Waals surface area contributed by atoms with Gasteiger partial charge in [0.2, 0.25) is 0 Å². The van der Waals surface area contributed by atoms with Gasteiger partial charge in [-0.1, -0.05) is 13.0 Å². The van der Waals surface area contributed by atoms with E-state index in [1.165, 1.54) is 13.0 Å². The molecule has 2 N–H and O–H groups in total. The Hall–Kier alpha value is -1.88. The second-order valence-corrected chi connectivity index (χ2v) is 7.09. The van der Waals surface area contributed by atoms with Crippen molar-refractivity contribution >= 4 is 16.9 Å². The number of rotatable bonds is 5. The largest absolute Gasteiger partial charge is 0.366 e. The van der Waals surface area contributed by atoms with Gasteiger partial charge in [0, 0.05) is 12.0 Å². The fourth-order valence-electron chi connectivity index (χ4n) is 3.90. The van der Waals surface area contributed by atoms with Crippen LogP contribution in [0.4, 0.5) is 0 Å². The normalized spacial score (nSPS) is 17.0. The molecule has 0 aliphatic carbocycles. The predicted molar refractivity (Wildman–Crippen MR) is 97.3 cm³/mol. The Morgan fingerprint density at radius 3 is 2.62 bits per heavy atom. The summed E-state index contributed by atoms with van der Waals surface area (Å²) < 4.78 is 2.29. The number of amides is 1. The summed E-state index contributed by atoms with van der Waals surface area (Å²) in [4.78, 5) is 19.2. The Labute approximate surface area is 143 Å². The summed E-state index contributed by atoms with van der Waals surface area (Å²) >= 11 is 0. The quantitative estimate of drug-likeness (QED) is 0.916. The molecule has 0 saturated carbocycles. The van der Waals surface area contributed by atoms with E-state index in [2.05, 4.69) is 30.2 Å². The van der Waals surface area contributed by atoms with E-state index >= 15 is 0 Å². The highest BCUT2D eigenvalue weighted by Crippen LogP contribution is 2.33. The lowest BCUT2D eigenvalue weighted by Gasteiger charge is -2.32. The number of nitrogens with two attached hydrogens (primary N) is 1. The van der Waals surface area contributed by atoms with E-state index in [4.69, 9.17) is 10.7 Å². The number of carbonyl (C=O) groups is 1. The van der Waals surface area contributed by atoms with Gasteiger partial charge in [0.1, 0.15) is 11.3 Å². The molecule has 1 aliphatic rings. The van der Waals surface area contributed by atoms with Crippen LogP contribution in [0.1, 0.15) is 68.2 Å². The molecule has 0 atom stereocenters. The van der Waals surface area contributed by atoms with Crippen LogP contribution in [0.3, 0.4) is 0 Å². The molecule has 0 unspecified atom stereocenters. The number of hydrogen-bond donors (Lipinski definition) is 1. The van der Waals surface area contributed by atoms with E-state index in [1.54, 1.807) is 6.07 Å². The van der Waals surface area contributed by atoms with Crippen LogP contribution in [-0.4, -0.2) is 40.0 Å². The molecule has 5 nitrogen and oxygen atoms in total. The smallest absolute Gasteiger partial charge is 0.250 e. The summed E-state index contributed by atoms with van der Waals surface area (Å²) in [6, 6.07) is 6.03. The van der Waals surface area contributed by atoms with Crippen LogP contribution in [0.2, 0.25) is 0 Å². The molecule has 1 aromatic heterocycles. The van der Waals surface area contributed by atoms with Crippen molar-refractivity contribution in [2.24, 2.45) is 5.73 Å². The highest BCUT2D eigenvalue weighted by molar-refractivity contribution is 6.04. The third-order valence-electron chi connectivity index (χ3n) is 5.02. The van der Waals surface area contributed by atoms with Crippen LogP contribution in [0.15, 0.2) is 18.2 Å². The summed E-state index contributed by atoms with van der Waals surface area (Å²) in [5.41, 5.74) is 7.85. The van der Waals surface area contributed by atoms with Crippen molar-refractivity contribution < 1.29 is 4.79 Å². The molecule has 1 aliphatic heterocycles. The third-order valence-corrected chi connectivity index (χ3v) is 5.02. The van der Waals surface area contributed by atoms with Crippen molar-refractivity contribution in [3.05, 3.63) is 29.6 Å². The molecule has 24 heavy (non-hydrogen) atoms. The zero-order valence-corrected chi connectivity index (χ0v) is 15.0. The van der Waals surface area contributed by atoms with Crippen LogP contribution in [0.5, 0.6) is 0 Å². The standard InChI is InChI=1S/C19H28N4O/c1-4-10-22-11-8-14(9-12-22)19-21-17-15(18(20)24)6-5-7-16(17)23(19)13(2)3/h5-7,13-14H,4,8-12H2,1-3H3,(H2,20,24). The first-order valence-corrected chi connectivity index (χ1v) is 9.06. The molecule has 2 heterocycles. The molecule has 2 aromatic rings. The van der Waals surface area contributed by atoms with Crippen molar-refractivity contribution in [3.8, 4) is 0 Å². The van der Waals surface area contributed by atoms with Gasteiger partial charge in [0.25, 0.3) is 5.91 Å². The summed E-state index contributed by atoms with van der Waals surface area (Å²) in [5, 5.41) is 0. The number of hydrogen-bond acceptors (Lipinski definition) is 3. The lowest BCUT2D eigenvalue weighted by atomic mass is 9.95. The molecule has 1 amide bonds. The highest BCUT2D eigenvalue weighted by Gasteiger charge is 2.27. The molecule has 0 radical (unpaired) electrons. The maximum Gasteiger partial charge on any atom is 0.250 e. The fourth-order valence-corrected chi connectivity index (χ4v) is 3.90. The zero-order valence-electron chi connectivity index (χ0n) is 15.0. The Morgan fingerprint density at radius 2 is 2.04 bits per heavy atom. The number of benzene rings is 1. The van der Waals surface area contributed by atoms with Crippen LogP contribution in [0.25, 0.3) is 11.0 Å². The van der Waals surface area contributed by atoms with Crippen molar-refractivity contribution in [2.45, 2.75) is 52.0 Å². The number of primary amides is 1. The number of para-hydroxylation sites is 1. The molecule has 3 rings (SSSR count). The minimum absolute atomic E-state index is 0.307. The van der Waals surface area contributed by atoms with E-state index < -0.39 is 5.91 Å². The third kappa shape index (κ3) is 3.05. The van der Waals surface area contributed by atoms with Crippen molar-refractivity contribution in [3.63, 3.8) is 0 Å². The van der Waals surface area contributed by atoms with E-state index in [1.807, 2.05) is 12.1 Å². The Morgan fingerprint density at radius 1 is 1.33 bits per heavy atom. The van der Waals surface area contributed by atoms with Crippen LogP contribution in [-0.2, 0) is 0 Å². The highest BCUT2D eigenvalue weighted by atomic mass is 16.1. The van der Waals surface area contributed by atoms with Gasteiger partial charge in [0.15, 0.2) is 0 Å². The van der Waals surface area contributed by atoms with Crippen molar-refractivity contribution in [1.82, 2.24) is 14.5 Å². The van der Waals surface area contributed by atoms with Gasteiger partial charge in [-0.2, -0.15) is 0 Å². The average molecular weight is 328 g/mol. The van der Waals surface area contributed by atoms with Crippen molar-refractivity contribution in [2.75, 3.05) is 19.6 Å². The first-order valence-electron chi connectivity index (χ1n) is 9.06. The number of carbonyl (C=O) groups excluding carboxylic acids is 1. The number of piperidine rings is 1. The second-order valence-electron chi connectivity index (χ2n) is 7.09. The maximum atomic E-state index is 11.8. The van der Waals surface area contributed by atoms with E-state index in [-0.39, 0.29) is 0 Å². The zero-order chi connectivity index (χ0) is 17.3. The SMILES string of the molecule is CCCN1CCC(c2nc3c(C(N)=O)cccc3n2C(C)C)CC1. The van der Waals surface area contributed by atoms with Gasteiger partial charge in [-0.05, 0) is 64.9 Å². The summed E-state index contributed by atoms with van der Waals surface area (Å²) in [6.45, 7) is 10.0. The molecule has 1 fully saturated rings. The molecule has 5 heteroatoms. The van der Waals surface area contributed by atoms with E-state index in [0.29, 0.717) is 17.5 Å². The minimum Gasteiger partial charge on any atom is -0.366 e. The molecule has 0 spiro atoms. The van der Waals surface area contributed by atoms with Crippen LogP contribution < -0.4 is 5.73 Å². The van der Waals surface area contributed by atoms with Crippen LogP contribution >= 0.6 is 0 Å². The van der Waals surface area contributed by atoms with Gasteiger partial charge >= 0.3 is 0 Å².